The number of nitriles is 1. The van der Waals surface area contributed by atoms with E-state index in [1.54, 1.807) is 18.1 Å². The summed E-state index contributed by atoms with van der Waals surface area (Å²) >= 11 is 0. The predicted molar refractivity (Wildman–Crippen MR) is 139 cm³/mol. The lowest BCUT2D eigenvalue weighted by Gasteiger charge is -2.31. The van der Waals surface area contributed by atoms with Gasteiger partial charge in [-0.25, -0.2) is 14.8 Å². The van der Waals surface area contributed by atoms with Gasteiger partial charge in [-0.05, 0) is 55.4 Å². The predicted octanol–water partition coefficient (Wildman–Crippen LogP) is 2.86. The number of hydrogen-bond acceptors (Lipinski definition) is 8. The van der Waals surface area contributed by atoms with E-state index in [0.717, 1.165) is 30.4 Å². The van der Waals surface area contributed by atoms with Crippen molar-refractivity contribution in [2.24, 2.45) is 0 Å². The molecule has 0 bridgehead atoms. The highest BCUT2D eigenvalue weighted by Gasteiger charge is 2.29. The molecule has 4 rings (SSSR count). The maximum Gasteiger partial charge on any atom is 0.328 e. The second kappa shape index (κ2) is 12.6. The first-order chi connectivity index (χ1) is 18.4. The van der Waals surface area contributed by atoms with E-state index in [-0.39, 0.29) is 24.2 Å². The van der Waals surface area contributed by atoms with Gasteiger partial charge in [0, 0.05) is 52.1 Å². The summed E-state index contributed by atoms with van der Waals surface area (Å²) in [6, 6.07) is 5.26. The van der Waals surface area contributed by atoms with E-state index in [1.807, 2.05) is 6.07 Å². The van der Waals surface area contributed by atoms with Crippen molar-refractivity contribution in [3.63, 3.8) is 0 Å². The Labute approximate surface area is 221 Å². The lowest BCUT2D eigenvalue weighted by molar-refractivity contribution is -0.131. The fraction of sp³-hybridized carbons (Fsp3) is 0.481. The van der Waals surface area contributed by atoms with E-state index in [9.17, 15) is 19.6 Å². The molecule has 0 aromatic carbocycles. The van der Waals surface area contributed by atoms with Crippen molar-refractivity contribution in [2.45, 2.75) is 51.6 Å². The van der Waals surface area contributed by atoms with Crippen LogP contribution in [0.4, 0.5) is 16.4 Å². The van der Waals surface area contributed by atoms with Gasteiger partial charge in [0.15, 0.2) is 6.29 Å². The van der Waals surface area contributed by atoms with Crippen LogP contribution in [0, 0.1) is 11.3 Å². The van der Waals surface area contributed by atoms with Crippen molar-refractivity contribution in [3.8, 4) is 6.07 Å². The number of ether oxygens (including phenoxy) is 2. The van der Waals surface area contributed by atoms with Crippen molar-refractivity contribution in [2.75, 3.05) is 43.7 Å². The molecule has 4 heterocycles. The fourth-order valence-electron chi connectivity index (χ4n) is 4.89. The molecular formula is C27H32N6O5. The van der Waals surface area contributed by atoms with Crippen molar-refractivity contribution in [1.82, 2.24) is 14.9 Å². The zero-order chi connectivity index (χ0) is 27.1. The number of urea groups is 1. The Bertz CT molecular complexity index is 1240. The van der Waals surface area contributed by atoms with E-state index in [2.05, 4.69) is 21.4 Å². The van der Waals surface area contributed by atoms with Crippen LogP contribution in [0.2, 0.25) is 0 Å². The highest BCUT2D eigenvalue weighted by Crippen LogP contribution is 2.29. The van der Waals surface area contributed by atoms with Crippen molar-refractivity contribution in [1.29, 1.82) is 5.26 Å². The van der Waals surface area contributed by atoms with Crippen LogP contribution in [0.3, 0.4) is 0 Å². The van der Waals surface area contributed by atoms with Crippen LogP contribution < -0.4 is 10.2 Å². The second-order valence-electron chi connectivity index (χ2n) is 9.42. The number of nitrogens with one attached hydrogen (secondary N) is 1. The molecule has 0 spiro atoms. The molecule has 0 unspecified atom stereocenters. The van der Waals surface area contributed by atoms with E-state index in [0.29, 0.717) is 68.3 Å². The summed E-state index contributed by atoms with van der Waals surface area (Å²) in [4.78, 5) is 49.6. The lowest BCUT2D eigenvalue weighted by atomic mass is 10.0. The van der Waals surface area contributed by atoms with Crippen molar-refractivity contribution < 1.29 is 23.9 Å². The summed E-state index contributed by atoms with van der Waals surface area (Å²) in [5, 5.41) is 12.2. The smallest absolute Gasteiger partial charge is 0.328 e. The normalized spacial score (nSPS) is 16.4. The molecule has 1 N–H and O–H groups in total. The van der Waals surface area contributed by atoms with Gasteiger partial charge < -0.3 is 14.4 Å². The highest BCUT2D eigenvalue weighted by molar-refractivity contribution is 6.01. The summed E-state index contributed by atoms with van der Waals surface area (Å²) in [5.74, 6) is 0.663. The summed E-state index contributed by atoms with van der Waals surface area (Å²) in [6.07, 6.45) is 5.64. The molecule has 2 aliphatic rings. The number of aldehydes is 1. The van der Waals surface area contributed by atoms with E-state index in [4.69, 9.17) is 9.47 Å². The van der Waals surface area contributed by atoms with Crippen LogP contribution in [0.15, 0.2) is 18.3 Å². The number of rotatable bonds is 9. The minimum Gasteiger partial charge on any atom is -0.385 e. The molecule has 11 heteroatoms. The number of carbonyl (C=O) groups excluding carboxylic acids is 3. The standard InChI is InChI=1S/C27H32N6O5/c1-18(35)33(23-7-10-38-17-23)15-21-11-20-5-3-8-32(26(20)30-24(21)16-34)27(36)31-25-12-19(6-4-9-37-2)22(13-28)14-29-25/h11-12,14,16,23H,3-10,15,17H2,1-2H3,(H,29,31,36)/t23-/m1/s1. The molecule has 200 valence electrons. The third-order valence-electron chi connectivity index (χ3n) is 6.86. The van der Waals surface area contributed by atoms with Crippen LogP contribution in [-0.2, 0) is 33.7 Å². The van der Waals surface area contributed by atoms with Gasteiger partial charge in [0.05, 0.1) is 18.2 Å². The maximum atomic E-state index is 13.3. The first-order valence-corrected chi connectivity index (χ1v) is 12.7. The molecule has 38 heavy (non-hydrogen) atoms. The second-order valence-corrected chi connectivity index (χ2v) is 9.42. The number of anilines is 2. The molecule has 0 radical (unpaired) electrons. The average molecular weight is 521 g/mol. The topological polar surface area (TPSA) is 138 Å². The van der Waals surface area contributed by atoms with Gasteiger partial charge in [-0.2, -0.15) is 5.26 Å². The molecule has 1 saturated heterocycles. The summed E-state index contributed by atoms with van der Waals surface area (Å²) in [6.45, 7) is 3.83. The highest BCUT2D eigenvalue weighted by atomic mass is 16.5. The van der Waals surface area contributed by atoms with Crippen LogP contribution in [0.1, 0.15) is 58.9 Å². The molecule has 0 saturated carbocycles. The third kappa shape index (κ3) is 6.15. The Balaban J connectivity index is 1.55. The van der Waals surface area contributed by atoms with Crippen LogP contribution in [-0.4, -0.2) is 72.6 Å². The van der Waals surface area contributed by atoms with Crippen molar-refractivity contribution >= 4 is 29.9 Å². The number of methoxy groups -OCH3 is 1. The van der Waals surface area contributed by atoms with Gasteiger partial charge in [0.2, 0.25) is 5.91 Å². The first kappa shape index (κ1) is 27.2. The third-order valence-corrected chi connectivity index (χ3v) is 6.86. The summed E-state index contributed by atoms with van der Waals surface area (Å²) < 4.78 is 10.5. The van der Waals surface area contributed by atoms with E-state index >= 15 is 0 Å². The Hall–Kier alpha value is -3.88. The number of fused-ring (bicyclic) bond motifs is 1. The lowest BCUT2D eigenvalue weighted by Crippen LogP contribution is -2.41. The largest absolute Gasteiger partial charge is 0.385 e. The van der Waals surface area contributed by atoms with E-state index < -0.39 is 6.03 Å². The molecule has 11 nitrogen and oxygen atoms in total. The molecule has 1 fully saturated rings. The van der Waals surface area contributed by atoms with Crippen LogP contribution in [0.5, 0.6) is 0 Å². The SMILES string of the molecule is COCCCc1cc(NC(=O)N2CCCc3cc(CN(C(C)=O)[C@@H]4CCOC4)c(C=O)nc32)ncc1C#N. The molecule has 0 aliphatic carbocycles. The number of carbonyl (C=O) groups is 3. The van der Waals surface area contributed by atoms with Crippen LogP contribution >= 0.6 is 0 Å². The number of hydrogen-bond donors (Lipinski definition) is 1. The number of amides is 3. The Morgan fingerprint density at radius 1 is 1.37 bits per heavy atom. The fourth-order valence-corrected chi connectivity index (χ4v) is 4.89. The first-order valence-electron chi connectivity index (χ1n) is 12.7. The molecule has 3 amide bonds. The molecule has 2 aromatic rings. The molecular weight excluding hydrogens is 488 g/mol. The van der Waals surface area contributed by atoms with Crippen molar-refractivity contribution in [3.05, 3.63) is 46.3 Å². The van der Waals surface area contributed by atoms with Gasteiger partial charge in [0.1, 0.15) is 23.4 Å². The van der Waals surface area contributed by atoms with Gasteiger partial charge in [0.25, 0.3) is 0 Å². The van der Waals surface area contributed by atoms with E-state index in [1.165, 1.54) is 18.0 Å². The minimum absolute atomic E-state index is 0.0374. The van der Waals surface area contributed by atoms with Gasteiger partial charge in [-0.1, -0.05) is 0 Å². The number of nitrogens with zero attached hydrogens (tertiary/aromatic N) is 5. The zero-order valence-electron chi connectivity index (χ0n) is 21.7. The summed E-state index contributed by atoms with van der Waals surface area (Å²) in [5.41, 5.74) is 2.92. The Kier molecular flexibility index (Phi) is 8.99. The minimum atomic E-state index is -0.420. The number of aryl methyl sites for hydroxylation is 2. The summed E-state index contributed by atoms with van der Waals surface area (Å²) in [7, 11) is 1.62. The Morgan fingerprint density at radius 3 is 2.89 bits per heavy atom. The van der Waals surface area contributed by atoms with Gasteiger partial charge in [-0.15, -0.1) is 0 Å². The zero-order valence-corrected chi connectivity index (χ0v) is 21.7. The number of pyridine rings is 2. The van der Waals surface area contributed by atoms with Gasteiger partial charge in [-0.3, -0.25) is 19.8 Å². The average Bonchev–Trinajstić information content (AvgIpc) is 3.45. The monoisotopic (exact) mass is 520 g/mol. The molecule has 1 atom stereocenters. The molecule has 2 aromatic heterocycles. The Morgan fingerprint density at radius 2 is 2.21 bits per heavy atom. The quantitative estimate of drug-likeness (QED) is 0.394. The van der Waals surface area contributed by atoms with Crippen LogP contribution in [0.25, 0.3) is 0 Å². The van der Waals surface area contributed by atoms with Gasteiger partial charge >= 0.3 is 6.03 Å². The molecule has 2 aliphatic heterocycles. The number of aromatic nitrogens is 2. The maximum absolute atomic E-state index is 13.3.